The molecule has 0 fully saturated rings. The second-order valence-corrected chi connectivity index (χ2v) is 8.03. The minimum Gasteiger partial charge on any atom is -0.323 e. The van der Waals surface area contributed by atoms with Gasteiger partial charge in [0.2, 0.25) is 0 Å². The molecule has 0 aliphatic rings. The second kappa shape index (κ2) is 9.00. The molecule has 0 atom stereocenters. The van der Waals surface area contributed by atoms with E-state index in [9.17, 15) is 4.79 Å². The van der Waals surface area contributed by atoms with E-state index in [0.717, 1.165) is 16.5 Å². The quantitative estimate of drug-likeness (QED) is 0.215. The Hall–Kier alpha value is -1.14. The fourth-order valence-corrected chi connectivity index (χ4v) is 3.68. The molecule has 0 saturated heterocycles. The number of carbonyl (C=O) groups excluding carboxylic acids is 1. The zero-order valence-corrected chi connectivity index (χ0v) is 14.5. The molecule has 1 aromatic rings. The molecule has 4 nitrogen and oxygen atoms in total. The van der Waals surface area contributed by atoms with Gasteiger partial charge in [-0.3, -0.25) is 4.84 Å². The minimum absolute atomic E-state index is 0.0926. The molecule has 0 radical (unpaired) electrons. The third kappa shape index (κ3) is 8.67. The van der Waals surface area contributed by atoms with Crippen LogP contribution in [0, 0.1) is 5.41 Å². The lowest BCUT2D eigenvalue weighted by atomic mass is 9.93. The van der Waals surface area contributed by atoms with Gasteiger partial charge in [-0.2, -0.15) is 0 Å². The third-order valence-corrected chi connectivity index (χ3v) is 4.41. The molecular formula is C15H22N2O2S2. The zero-order valence-electron chi connectivity index (χ0n) is 12.9. The maximum absolute atomic E-state index is 11.1. The summed E-state index contributed by atoms with van der Waals surface area (Å²) in [5.74, 6) is 0. The van der Waals surface area contributed by atoms with Crippen LogP contribution >= 0.6 is 23.5 Å². The Morgan fingerprint density at radius 1 is 1.29 bits per heavy atom. The van der Waals surface area contributed by atoms with Crippen molar-refractivity contribution in [2.45, 2.75) is 32.1 Å². The van der Waals surface area contributed by atoms with Crippen molar-refractivity contribution in [3.05, 3.63) is 30.3 Å². The lowest BCUT2D eigenvalue weighted by molar-refractivity contribution is 0.153. The molecule has 0 aliphatic heterocycles. The van der Waals surface area contributed by atoms with Crippen LogP contribution in [-0.4, -0.2) is 23.3 Å². The lowest BCUT2D eigenvalue weighted by Gasteiger charge is -2.18. The molecule has 0 spiro atoms. The van der Waals surface area contributed by atoms with E-state index in [1.165, 1.54) is 11.9 Å². The lowest BCUT2D eigenvalue weighted by Crippen LogP contribution is -2.18. The number of benzene rings is 1. The van der Waals surface area contributed by atoms with Crippen LogP contribution in [0.3, 0.4) is 0 Å². The van der Waals surface area contributed by atoms with Gasteiger partial charge in [0.05, 0.1) is 0 Å². The van der Waals surface area contributed by atoms with Crippen molar-refractivity contribution in [3.63, 3.8) is 0 Å². The van der Waals surface area contributed by atoms with Crippen molar-refractivity contribution >= 4 is 34.7 Å². The molecule has 1 rings (SSSR count). The number of hydrogen-bond acceptors (Lipinski definition) is 5. The number of hydrogen-bond donors (Lipinski definition) is 1. The van der Waals surface area contributed by atoms with Crippen LogP contribution < -0.4 is 5.32 Å². The Bertz CT molecular complexity index is 470. The van der Waals surface area contributed by atoms with E-state index in [4.69, 9.17) is 4.84 Å². The molecule has 1 N–H and O–H groups in total. The summed E-state index contributed by atoms with van der Waals surface area (Å²) in [6.07, 6.45) is 0.224. The topological polar surface area (TPSA) is 50.7 Å². The SMILES string of the molecule is CNC(=O)ON=C(CC(C)(C)C)SCSc1ccccc1. The number of oxime groups is 1. The van der Waals surface area contributed by atoms with Gasteiger partial charge in [0.15, 0.2) is 0 Å². The first-order valence-corrected chi connectivity index (χ1v) is 8.64. The van der Waals surface area contributed by atoms with Crippen molar-refractivity contribution in [3.8, 4) is 0 Å². The van der Waals surface area contributed by atoms with Gasteiger partial charge in [-0.25, -0.2) is 4.79 Å². The Morgan fingerprint density at radius 2 is 1.95 bits per heavy atom. The van der Waals surface area contributed by atoms with Gasteiger partial charge in [0.1, 0.15) is 5.04 Å². The number of carbonyl (C=O) groups is 1. The number of rotatable bonds is 5. The number of thioether (sulfide) groups is 2. The summed E-state index contributed by atoms with van der Waals surface area (Å²) < 4.78 is 0. The Morgan fingerprint density at radius 3 is 2.52 bits per heavy atom. The van der Waals surface area contributed by atoms with Crippen LogP contribution in [0.4, 0.5) is 4.79 Å². The average Bonchev–Trinajstić information content (AvgIpc) is 2.44. The number of nitrogens with zero attached hydrogens (tertiary/aromatic N) is 1. The van der Waals surface area contributed by atoms with Crippen LogP contribution in [-0.2, 0) is 4.84 Å². The highest BCUT2D eigenvalue weighted by Gasteiger charge is 2.16. The molecule has 21 heavy (non-hydrogen) atoms. The summed E-state index contributed by atoms with van der Waals surface area (Å²) in [6, 6.07) is 10.2. The van der Waals surface area contributed by atoms with E-state index in [-0.39, 0.29) is 5.41 Å². The van der Waals surface area contributed by atoms with E-state index < -0.39 is 6.09 Å². The van der Waals surface area contributed by atoms with E-state index in [1.54, 1.807) is 23.5 Å². The Kier molecular flexibility index (Phi) is 7.67. The second-order valence-electron chi connectivity index (χ2n) is 5.57. The van der Waals surface area contributed by atoms with Crippen LogP contribution in [0.1, 0.15) is 27.2 Å². The first-order valence-electron chi connectivity index (χ1n) is 6.67. The van der Waals surface area contributed by atoms with Gasteiger partial charge in [-0.15, -0.1) is 11.8 Å². The molecule has 6 heteroatoms. The van der Waals surface area contributed by atoms with Gasteiger partial charge in [0, 0.05) is 23.4 Å². The monoisotopic (exact) mass is 326 g/mol. The first-order chi connectivity index (χ1) is 9.90. The standard InChI is InChI=1S/C15H22N2O2S2/c1-15(2,3)10-13(17-19-14(18)16-4)21-11-20-12-8-6-5-7-9-12/h5-9H,10-11H2,1-4H3,(H,16,18). The largest absolute Gasteiger partial charge is 0.433 e. The van der Waals surface area contributed by atoms with E-state index in [1.807, 2.05) is 18.2 Å². The predicted octanol–water partition coefficient (Wildman–Crippen LogP) is 4.58. The van der Waals surface area contributed by atoms with Crippen LogP contribution in [0.5, 0.6) is 0 Å². The summed E-state index contributed by atoms with van der Waals surface area (Å²) in [7, 11) is 1.51. The highest BCUT2D eigenvalue weighted by Crippen LogP contribution is 2.28. The van der Waals surface area contributed by atoms with E-state index >= 15 is 0 Å². The number of nitrogens with one attached hydrogen (secondary N) is 1. The molecule has 1 amide bonds. The van der Waals surface area contributed by atoms with E-state index in [0.29, 0.717) is 0 Å². The molecule has 0 saturated carbocycles. The van der Waals surface area contributed by atoms with Crippen molar-refractivity contribution in [1.82, 2.24) is 5.32 Å². The van der Waals surface area contributed by atoms with Crippen LogP contribution in [0.2, 0.25) is 0 Å². The summed E-state index contributed by atoms with van der Waals surface area (Å²) in [5.41, 5.74) is 0.0926. The smallest absolute Gasteiger partial charge is 0.323 e. The highest BCUT2D eigenvalue weighted by molar-refractivity contribution is 8.24. The van der Waals surface area contributed by atoms with Gasteiger partial charge in [0.25, 0.3) is 0 Å². The van der Waals surface area contributed by atoms with Gasteiger partial charge in [-0.1, -0.05) is 55.9 Å². The van der Waals surface area contributed by atoms with Crippen molar-refractivity contribution in [2.75, 3.05) is 12.1 Å². The van der Waals surface area contributed by atoms with Crippen molar-refractivity contribution in [2.24, 2.45) is 10.6 Å². The predicted molar refractivity (Wildman–Crippen MR) is 91.8 cm³/mol. The average molecular weight is 326 g/mol. The Labute approximate surface area is 135 Å². The number of amides is 1. The molecule has 0 aliphatic carbocycles. The fraction of sp³-hybridized carbons (Fsp3) is 0.467. The van der Waals surface area contributed by atoms with Crippen molar-refractivity contribution in [1.29, 1.82) is 0 Å². The van der Waals surface area contributed by atoms with Gasteiger partial charge < -0.3 is 5.32 Å². The van der Waals surface area contributed by atoms with Gasteiger partial charge in [-0.05, 0) is 17.5 Å². The molecule has 0 heterocycles. The maximum atomic E-state index is 11.1. The summed E-state index contributed by atoms with van der Waals surface area (Å²) >= 11 is 3.34. The molecule has 1 aromatic carbocycles. The Balaban J connectivity index is 2.54. The summed E-state index contributed by atoms with van der Waals surface area (Å²) in [6.45, 7) is 6.40. The molecule has 0 unspecified atom stereocenters. The maximum Gasteiger partial charge on any atom is 0.433 e. The molecule has 116 valence electrons. The molecular weight excluding hydrogens is 304 g/mol. The van der Waals surface area contributed by atoms with Gasteiger partial charge >= 0.3 is 6.09 Å². The first kappa shape index (κ1) is 17.9. The van der Waals surface area contributed by atoms with Crippen LogP contribution in [0.15, 0.2) is 40.4 Å². The molecule has 0 aromatic heterocycles. The molecule has 0 bridgehead atoms. The normalized spacial score (nSPS) is 12.1. The zero-order chi connectivity index (χ0) is 15.7. The van der Waals surface area contributed by atoms with Crippen LogP contribution in [0.25, 0.3) is 0 Å². The summed E-state index contributed by atoms with van der Waals surface area (Å²) in [5, 5.41) is 8.01. The highest BCUT2D eigenvalue weighted by atomic mass is 32.2. The van der Waals surface area contributed by atoms with Crippen molar-refractivity contribution < 1.29 is 9.63 Å². The minimum atomic E-state index is -0.544. The summed E-state index contributed by atoms with van der Waals surface area (Å²) in [4.78, 5) is 17.1. The fourth-order valence-electron chi connectivity index (χ4n) is 1.38. The third-order valence-electron chi connectivity index (χ3n) is 2.31. The van der Waals surface area contributed by atoms with E-state index in [2.05, 4.69) is 43.4 Å².